The molecule has 1 saturated carbocycles. The number of ketones is 1. The zero-order valence-corrected chi connectivity index (χ0v) is 33.1. The third-order valence-corrected chi connectivity index (χ3v) is 15.8. The van der Waals surface area contributed by atoms with Crippen molar-refractivity contribution in [3.63, 3.8) is 0 Å². The van der Waals surface area contributed by atoms with Crippen molar-refractivity contribution in [3.8, 4) is 11.1 Å². The summed E-state index contributed by atoms with van der Waals surface area (Å²) in [7, 11) is -2.01. The Bertz CT molecular complexity index is 2020. The third kappa shape index (κ3) is 6.67. The Morgan fingerprint density at radius 3 is 2.40 bits per heavy atom. The molecule has 1 saturated heterocycles. The summed E-state index contributed by atoms with van der Waals surface area (Å²) in [4.78, 5) is 56.0. The predicted molar refractivity (Wildman–Crippen MR) is 199 cm³/mol. The molecule has 0 spiro atoms. The fraction of sp³-hybridized carbons (Fsp3) is 0.486. The highest BCUT2D eigenvalue weighted by Crippen LogP contribution is 2.59. The number of halogens is 1. The third-order valence-electron chi connectivity index (χ3n) is 10.8. The lowest BCUT2D eigenvalue weighted by Gasteiger charge is -2.38. The van der Waals surface area contributed by atoms with E-state index in [9.17, 15) is 14.4 Å². The average Bonchev–Trinajstić information content (AvgIpc) is 3.38. The van der Waals surface area contributed by atoms with Gasteiger partial charge in [0, 0.05) is 36.3 Å². The highest BCUT2D eigenvalue weighted by molar-refractivity contribution is 9.10. The van der Waals surface area contributed by atoms with Crippen molar-refractivity contribution in [2.75, 3.05) is 5.32 Å². The molecule has 264 valence electrons. The number of hydrogen-bond donors (Lipinski definition) is 1. The largest absolute Gasteiger partial charge is 0.407 e. The second kappa shape index (κ2) is 12.7. The molecule has 2 amide bonds. The summed E-state index contributed by atoms with van der Waals surface area (Å²) in [6, 6.07) is 6.95. The van der Waals surface area contributed by atoms with Crippen LogP contribution in [0.2, 0.25) is 18.1 Å². The van der Waals surface area contributed by atoms with Crippen molar-refractivity contribution in [2.24, 2.45) is 5.41 Å². The second-order valence-corrected chi connectivity index (χ2v) is 21.4. The fourth-order valence-corrected chi connectivity index (χ4v) is 8.49. The minimum absolute atomic E-state index is 0.0258. The standard InChI is InChI=1S/C37H46BrN7O4Si/c1-20-11-12-29(38)41-33(20)42-35(48)27-15-37(8)16-28(37)45(27)30(47)19-44-32-21(2)13-24(14-26(32)31(43-44)22(3)46)25-17-39-34(40-18-25)23(4)49-50(9,10)36(5,6)7/h11-14,17-18,23,27-28H,15-16,19H2,1-10H3,(H,41,42,48)/t23-,27+,28-,37+/m1/s1. The van der Waals surface area contributed by atoms with Gasteiger partial charge < -0.3 is 14.6 Å². The van der Waals surface area contributed by atoms with Crippen LogP contribution in [0.3, 0.4) is 0 Å². The van der Waals surface area contributed by atoms with Gasteiger partial charge in [0.1, 0.15) is 34.8 Å². The molecule has 2 aliphatic rings. The molecule has 3 aromatic heterocycles. The number of rotatable bonds is 9. The fourth-order valence-electron chi connectivity index (χ4n) is 6.84. The van der Waals surface area contributed by atoms with Gasteiger partial charge in [0.2, 0.25) is 11.8 Å². The van der Waals surface area contributed by atoms with E-state index in [1.165, 1.54) is 6.92 Å². The molecular weight excluding hydrogens is 714 g/mol. The lowest BCUT2D eigenvalue weighted by Crippen LogP contribution is -2.47. The van der Waals surface area contributed by atoms with E-state index >= 15 is 0 Å². The number of nitrogens with one attached hydrogen (secondary N) is 1. The first-order valence-electron chi connectivity index (χ1n) is 17.1. The molecule has 50 heavy (non-hydrogen) atoms. The van der Waals surface area contributed by atoms with Crippen molar-refractivity contribution < 1.29 is 18.8 Å². The Balaban J connectivity index is 1.26. The van der Waals surface area contributed by atoms with Gasteiger partial charge in [-0.15, -0.1) is 0 Å². The number of hydrogen-bond acceptors (Lipinski definition) is 8. The van der Waals surface area contributed by atoms with E-state index in [1.807, 2.05) is 45.0 Å². The molecular formula is C37H46BrN7O4Si. The predicted octanol–water partition coefficient (Wildman–Crippen LogP) is 7.57. The van der Waals surface area contributed by atoms with Crippen LogP contribution in [0.4, 0.5) is 5.82 Å². The van der Waals surface area contributed by atoms with Crippen molar-refractivity contribution in [1.82, 2.24) is 29.6 Å². The van der Waals surface area contributed by atoms with Crippen LogP contribution in [0.25, 0.3) is 22.0 Å². The lowest BCUT2D eigenvalue weighted by molar-refractivity contribution is -0.138. The number of aromatic nitrogens is 5. The van der Waals surface area contributed by atoms with Gasteiger partial charge in [0.25, 0.3) is 0 Å². The number of fused-ring (bicyclic) bond motifs is 2. The van der Waals surface area contributed by atoms with E-state index in [1.54, 1.807) is 22.0 Å². The van der Waals surface area contributed by atoms with Crippen LogP contribution in [0.1, 0.15) is 87.9 Å². The molecule has 13 heteroatoms. The molecule has 2 fully saturated rings. The monoisotopic (exact) mass is 759 g/mol. The Morgan fingerprint density at radius 1 is 1.08 bits per heavy atom. The highest BCUT2D eigenvalue weighted by Gasteiger charge is 2.64. The molecule has 1 aromatic carbocycles. The van der Waals surface area contributed by atoms with Gasteiger partial charge in [-0.1, -0.05) is 33.8 Å². The summed E-state index contributed by atoms with van der Waals surface area (Å²) in [5.74, 6) is 0.413. The maximum atomic E-state index is 14.1. The maximum absolute atomic E-state index is 14.1. The van der Waals surface area contributed by atoms with Crippen LogP contribution in [0, 0.1) is 19.3 Å². The number of aryl methyl sites for hydroxylation is 2. The van der Waals surface area contributed by atoms with Crippen LogP contribution in [-0.2, 0) is 20.6 Å². The summed E-state index contributed by atoms with van der Waals surface area (Å²) < 4.78 is 8.73. The zero-order valence-electron chi connectivity index (χ0n) is 30.5. The average molecular weight is 761 g/mol. The minimum Gasteiger partial charge on any atom is -0.407 e. The Morgan fingerprint density at radius 2 is 1.76 bits per heavy atom. The molecule has 1 aliphatic heterocycles. The molecule has 4 aromatic rings. The molecule has 6 rings (SSSR count). The zero-order chi connectivity index (χ0) is 36.5. The first-order chi connectivity index (χ1) is 23.3. The number of carbonyl (C=O) groups excluding carboxylic acids is 3. The van der Waals surface area contributed by atoms with Gasteiger partial charge in [-0.05, 0) is 108 Å². The smallest absolute Gasteiger partial charge is 0.248 e. The second-order valence-electron chi connectivity index (χ2n) is 15.8. The molecule has 1 aliphatic carbocycles. The Hall–Kier alpha value is -3.81. The van der Waals surface area contributed by atoms with Crippen molar-refractivity contribution in [3.05, 3.63) is 63.9 Å². The molecule has 0 bridgehead atoms. The van der Waals surface area contributed by atoms with Crippen molar-refractivity contribution in [1.29, 1.82) is 0 Å². The molecule has 0 unspecified atom stereocenters. The molecule has 0 radical (unpaired) electrons. The summed E-state index contributed by atoms with van der Waals surface area (Å²) in [6.07, 6.45) is 4.74. The summed E-state index contributed by atoms with van der Waals surface area (Å²) in [6.45, 7) is 20.3. The van der Waals surface area contributed by atoms with E-state index in [4.69, 9.17) is 4.43 Å². The number of nitrogens with zero attached hydrogens (tertiary/aromatic N) is 6. The number of benzene rings is 1. The van der Waals surface area contributed by atoms with E-state index in [2.05, 4.69) is 82.1 Å². The summed E-state index contributed by atoms with van der Waals surface area (Å²) >= 11 is 3.37. The number of anilines is 1. The topological polar surface area (TPSA) is 132 Å². The maximum Gasteiger partial charge on any atom is 0.248 e. The van der Waals surface area contributed by atoms with E-state index in [-0.39, 0.29) is 52.4 Å². The van der Waals surface area contributed by atoms with Gasteiger partial charge in [0.05, 0.1) is 5.52 Å². The Labute approximate surface area is 302 Å². The van der Waals surface area contributed by atoms with Crippen molar-refractivity contribution in [2.45, 2.75) is 111 Å². The van der Waals surface area contributed by atoms with E-state index < -0.39 is 14.4 Å². The molecule has 4 atom stereocenters. The minimum atomic E-state index is -2.01. The van der Waals surface area contributed by atoms with Gasteiger partial charge in [-0.25, -0.2) is 15.0 Å². The SMILES string of the molecule is CC(=O)c1nn(CC(=O)N2[C@H](C(=O)Nc3nc(Br)ccc3C)C[C@@]3(C)C[C@@H]23)c2c(C)cc(-c3cnc([C@@H](C)O[Si](C)(C)C(C)(C)C)nc3)cc12. The Kier molecular flexibility index (Phi) is 9.18. The van der Waals surface area contributed by atoms with Gasteiger partial charge >= 0.3 is 0 Å². The number of amides is 2. The van der Waals surface area contributed by atoms with Crippen LogP contribution >= 0.6 is 15.9 Å². The van der Waals surface area contributed by atoms with Gasteiger partial charge in [0.15, 0.2) is 19.9 Å². The number of Topliss-reactive ketones (excluding diaryl/α,β-unsaturated/α-hetero) is 1. The van der Waals surface area contributed by atoms with Crippen LogP contribution in [-0.4, -0.2) is 67.6 Å². The van der Waals surface area contributed by atoms with Crippen LogP contribution in [0.5, 0.6) is 0 Å². The lowest BCUT2D eigenvalue weighted by atomic mass is 10.0. The molecule has 1 N–H and O–H groups in total. The first kappa shape index (κ1) is 36.0. The molecule has 11 nitrogen and oxygen atoms in total. The van der Waals surface area contributed by atoms with Crippen molar-refractivity contribution >= 4 is 58.6 Å². The quantitative estimate of drug-likeness (QED) is 0.105. The summed E-state index contributed by atoms with van der Waals surface area (Å²) in [5, 5.41) is 8.33. The normalized spacial score (nSPS) is 20.9. The van der Waals surface area contributed by atoms with Crippen LogP contribution in [0.15, 0.2) is 41.3 Å². The number of carbonyl (C=O) groups is 3. The molecule has 4 heterocycles. The number of likely N-dealkylation sites (tertiary alicyclic amines) is 1. The number of piperidine rings is 1. The van der Waals surface area contributed by atoms with Gasteiger partial charge in [-0.3, -0.25) is 19.1 Å². The van der Waals surface area contributed by atoms with E-state index in [0.717, 1.165) is 28.7 Å². The highest BCUT2D eigenvalue weighted by atomic mass is 79.9. The van der Waals surface area contributed by atoms with Crippen LogP contribution < -0.4 is 5.32 Å². The van der Waals surface area contributed by atoms with Gasteiger partial charge in [-0.2, -0.15) is 5.10 Å². The summed E-state index contributed by atoms with van der Waals surface area (Å²) in [5.41, 5.74) is 4.21. The first-order valence-corrected chi connectivity index (χ1v) is 20.8. The van der Waals surface area contributed by atoms with E-state index in [0.29, 0.717) is 33.6 Å². The number of pyridine rings is 1.